The Labute approximate surface area is 87.5 Å². The van der Waals surface area contributed by atoms with Crippen molar-refractivity contribution in [1.82, 2.24) is 0 Å². The van der Waals surface area contributed by atoms with Crippen molar-refractivity contribution in [3.8, 4) is 11.8 Å². The van der Waals surface area contributed by atoms with Crippen LogP contribution in [-0.4, -0.2) is 17.5 Å². The third-order valence-corrected chi connectivity index (χ3v) is 2.87. The number of hydrogen-bond acceptors (Lipinski definition) is 1. The van der Waals surface area contributed by atoms with Crippen molar-refractivity contribution in [3.05, 3.63) is 29.8 Å². The second-order valence-corrected chi connectivity index (χ2v) is 4.24. The van der Waals surface area contributed by atoms with Crippen LogP contribution in [0, 0.1) is 11.8 Å². The Hall–Kier alpha value is -1.27. The first-order valence-corrected chi connectivity index (χ1v) is 5.76. The summed E-state index contributed by atoms with van der Waals surface area (Å²) in [5.74, 6) is 5.79. The van der Waals surface area contributed by atoms with Crippen LogP contribution in [0.2, 0.25) is 0 Å². The Morgan fingerprint density at radius 2 is 1.86 bits per heavy atom. The standard InChI is InChI=1S/C11H13NOS/c1-4-5-10-6-8-11(9-7-10)12(2)14(3)13/h6-9H,1-3H3. The SMILES string of the molecule is CC#Cc1ccc(N(C)S(C)=O)cc1. The molecule has 0 spiro atoms. The molecule has 0 aliphatic heterocycles. The highest BCUT2D eigenvalue weighted by Gasteiger charge is 2.02. The third kappa shape index (κ3) is 2.61. The summed E-state index contributed by atoms with van der Waals surface area (Å²) in [6.45, 7) is 1.81. The number of benzene rings is 1. The van der Waals surface area contributed by atoms with Gasteiger partial charge >= 0.3 is 0 Å². The van der Waals surface area contributed by atoms with Crippen LogP contribution in [0.25, 0.3) is 0 Å². The zero-order valence-corrected chi connectivity index (χ0v) is 9.39. The molecule has 1 aromatic rings. The normalized spacial score (nSPS) is 11.4. The van der Waals surface area contributed by atoms with Crippen molar-refractivity contribution >= 4 is 16.7 Å². The van der Waals surface area contributed by atoms with E-state index in [1.165, 1.54) is 0 Å². The van der Waals surface area contributed by atoms with Gasteiger partial charge in [0, 0.05) is 24.6 Å². The first-order chi connectivity index (χ1) is 6.65. The highest BCUT2D eigenvalue weighted by molar-refractivity contribution is 7.85. The van der Waals surface area contributed by atoms with Crippen molar-refractivity contribution in [1.29, 1.82) is 0 Å². The molecule has 1 rings (SSSR count). The Kier molecular flexibility index (Phi) is 3.73. The summed E-state index contributed by atoms with van der Waals surface area (Å²) >= 11 is 0. The van der Waals surface area contributed by atoms with Crippen LogP contribution in [0.5, 0.6) is 0 Å². The molecular formula is C11H13NOS. The fraction of sp³-hybridized carbons (Fsp3) is 0.273. The van der Waals surface area contributed by atoms with Gasteiger partial charge in [-0.3, -0.25) is 4.31 Å². The number of anilines is 1. The summed E-state index contributed by atoms with van der Waals surface area (Å²) in [7, 11) is 0.828. The van der Waals surface area contributed by atoms with Gasteiger partial charge in [0.1, 0.15) is 11.0 Å². The largest absolute Gasteiger partial charge is 0.295 e. The van der Waals surface area contributed by atoms with Gasteiger partial charge in [0.25, 0.3) is 0 Å². The fourth-order valence-electron chi connectivity index (χ4n) is 1.05. The van der Waals surface area contributed by atoms with E-state index in [2.05, 4.69) is 11.8 Å². The molecule has 0 saturated heterocycles. The molecule has 1 atom stereocenters. The zero-order chi connectivity index (χ0) is 10.6. The monoisotopic (exact) mass is 207 g/mol. The zero-order valence-electron chi connectivity index (χ0n) is 8.57. The molecule has 0 radical (unpaired) electrons. The van der Waals surface area contributed by atoms with Gasteiger partial charge in [0.2, 0.25) is 0 Å². The Morgan fingerprint density at radius 3 is 2.29 bits per heavy atom. The molecule has 74 valence electrons. The summed E-state index contributed by atoms with van der Waals surface area (Å²) < 4.78 is 12.9. The third-order valence-electron chi connectivity index (χ3n) is 1.89. The minimum absolute atomic E-state index is 0.937. The van der Waals surface area contributed by atoms with Gasteiger partial charge in [0.05, 0.1) is 0 Å². The molecular weight excluding hydrogens is 194 g/mol. The van der Waals surface area contributed by atoms with Gasteiger partial charge in [-0.05, 0) is 31.2 Å². The van der Waals surface area contributed by atoms with E-state index in [1.54, 1.807) is 24.5 Å². The summed E-state index contributed by atoms with van der Waals surface area (Å²) in [6.07, 6.45) is 1.65. The van der Waals surface area contributed by atoms with Crippen LogP contribution >= 0.6 is 0 Å². The minimum atomic E-state index is -0.974. The van der Waals surface area contributed by atoms with Gasteiger partial charge < -0.3 is 0 Å². The lowest BCUT2D eigenvalue weighted by Gasteiger charge is -2.14. The maximum atomic E-state index is 11.2. The maximum absolute atomic E-state index is 11.2. The van der Waals surface area contributed by atoms with Crippen molar-refractivity contribution in [3.63, 3.8) is 0 Å². The number of hydrogen-bond donors (Lipinski definition) is 0. The summed E-state index contributed by atoms with van der Waals surface area (Å²) in [5, 5.41) is 0. The average Bonchev–Trinajstić information content (AvgIpc) is 2.18. The van der Waals surface area contributed by atoms with Crippen LogP contribution in [-0.2, 0) is 11.0 Å². The smallest absolute Gasteiger partial charge is 0.116 e. The molecule has 0 aromatic heterocycles. The minimum Gasteiger partial charge on any atom is -0.295 e. The quantitative estimate of drug-likeness (QED) is 0.677. The maximum Gasteiger partial charge on any atom is 0.116 e. The molecule has 0 aliphatic carbocycles. The topological polar surface area (TPSA) is 20.3 Å². The molecule has 0 bridgehead atoms. The first kappa shape index (κ1) is 10.8. The van der Waals surface area contributed by atoms with E-state index in [1.807, 2.05) is 24.3 Å². The molecule has 14 heavy (non-hydrogen) atoms. The summed E-state index contributed by atoms with van der Waals surface area (Å²) in [5.41, 5.74) is 1.92. The van der Waals surface area contributed by atoms with Crippen molar-refractivity contribution in [2.24, 2.45) is 0 Å². The summed E-state index contributed by atoms with van der Waals surface area (Å²) in [4.78, 5) is 0. The van der Waals surface area contributed by atoms with E-state index in [4.69, 9.17) is 0 Å². The lowest BCUT2D eigenvalue weighted by molar-refractivity contribution is 0.685. The van der Waals surface area contributed by atoms with E-state index in [0.29, 0.717) is 0 Å². The molecule has 1 aromatic carbocycles. The first-order valence-electron chi connectivity index (χ1n) is 4.25. The second-order valence-electron chi connectivity index (χ2n) is 2.84. The Morgan fingerprint density at radius 1 is 1.29 bits per heavy atom. The molecule has 0 N–H and O–H groups in total. The predicted molar refractivity (Wildman–Crippen MR) is 61.5 cm³/mol. The van der Waals surface area contributed by atoms with Crippen LogP contribution in [0.1, 0.15) is 12.5 Å². The van der Waals surface area contributed by atoms with Crippen LogP contribution in [0.4, 0.5) is 5.69 Å². The number of nitrogens with zero attached hydrogens (tertiary/aromatic N) is 1. The lowest BCUT2D eigenvalue weighted by atomic mass is 10.2. The van der Waals surface area contributed by atoms with Crippen molar-refractivity contribution < 1.29 is 4.21 Å². The molecule has 2 nitrogen and oxygen atoms in total. The molecule has 0 saturated carbocycles. The highest BCUT2D eigenvalue weighted by Crippen LogP contribution is 2.14. The molecule has 0 aliphatic rings. The fourth-order valence-corrected chi connectivity index (χ4v) is 1.47. The average molecular weight is 207 g/mol. The van der Waals surface area contributed by atoms with Crippen LogP contribution in [0.15, 0.2) is 24.3 Å². The van der Waals surface area contributed by atoms with Gasteiger partial charge in [0.15, 0.2) is 0 Å². The van der Waals surface area contributed by atoms with Crippen molar-refractivity contribution in [2.45, 2.75) is 6.92 Å². The predicted octanol–water partition coefficient (Wildman–Crippen LogP) is 1.79. The molecule has 0 fully saturated rings. The van der Waals surface area contributed by atoms with Gasteiger partial charge in [-0.1, -0.05) is 5.92 Å². The van der Waals surface area contributed by atoms with E-state index in [9.17, 15) is 4.21 Å². The van der Waals surface area contributed by atoms with Crippen molar-refractivity contribution in [2.75, 3.05) is 17.6 Å². The second kappa shape index (κ2) is 4.83. The lowest BCUT2D eigenvalue weighted by Crippen LogP contribution is -2.18. The van der Waals surface area contributed by atoms with Crippen LogP contribution in [0.3, 0.4) is 0 Å². The molecule has 0 heterocycles. The summed E-state index contributed by atoms with van der Waals surface area (Å²) in [6, 6.07) is 7.69. The molecule has 1 unspecified atom stereocenters. The van der Waals surface area contributed by atoms with E-state index in [-0.39, 0.29) is 0 Å². The highest BCUT2D eigenvalue weighted by atomic mass is 32.2. The molecule has 3 heteroatoms. The molecule has 0 amide bonds. The van der Waals surface area contributed by atoms with E-state index in [0.717, 1.165) is 11.3 Å². The van der Waals surface area contributed by atoms with Crippen LogP contribution < -0.4 is 4.31 Å². The number of rotatable bonds is 2. The van der Waals surface area contributed by atoms with E-state index >= 15 is 0 Å². The Bertz CT molecular complexity index is 386. The Balaban J connectivity index is 2.91. The van der Waals surface area contributed by atoms with Gasteiger partial charge in [-0.2, -0.15) is 0 Å². The van der Waals surface area contributed by atoms with Gasteiger partial charge in [-0.15, -0.1) is 5.92 Å². The van der Waals surface area contributed by atoms with E-state index < -0.39 is 11.0 Å². The van der Waals surface area contributed by atoms with Gasteiger partial charge in [-0.25, -0.2) is 4.21 Å².